The molecule has 2 aromatic rings. The number of nitrogens with one attached hydrogen (secondary N) is 1. The first-order valence-electron chi connectivity index (χ1n) is 9.18. The summed E-state index contributed by atoms with van der Waals surface area (Å²) >= 11 is 3.27. The Morgan fingerprint density at radius 2 is 1.75 bits per heavy atom. The lowest BCUT2D eigenvalue weighted by Crippen LogP contribution is -2.30. The summed E-state index contributed by atoms with van der Waals surface area (Å²) in [6.45, 7) is 1.94. The Hall–Kier alpha value is -1.90. The van der Waals surface area contributed by atoms with Gasteiger partial charge < -0.3 is 10.2 Å². The molecule has 1 aliphatic rings. The van der Waals surface area contributed by atoms with E-state index in [9.17, 15) is 13.2 Å². The third kappa shape index (κ3) is 4.39. The standard InChI is InChI=1S/C20H24BrN3O3S/c1-23(2)28(26,27)19-14-15(10-11-16(19)21)20(25)22-17-8-4-5-9-18(17)24-12-6-3-7-13-24/h4-5,8-11,14H,3,6-7,12-13H2,1-2H3,(H,22,25). The van der Waals surface area contributed by atoms with Crippen molar-refractivity contribution in [1.82, 2.24) is 4.31 Å². The molecule has 1 fully saturated rings. The molecule has 6 nitrogen and oxygen atoms in total. The zero-order chi connectivity index (χ0) is 20.3. The summed E-state index contributed by atoms with van der Waals surface area (Å²) in [7, 11) is -0.740. The smallest absolute Gasteiger partial charge is 0.255 e. The molecule has 0 aliphatic carbocycles. The summed E-state index contributed by atoms with van der Waals surface area (Å²) < 4.78 is 26.6. The van der Waals surface area contributed by atoms with Crippen molar-refractivity contribution in [3.05, 3.63) is 52.5 Å². The molecule has 1 aliphatic heterocycles. The Bertz CT molecular complexity index is 970. The van der Waals surface area contributed by atoms with Crippen molar-refractivity contribution in [3.8, 4) is 0 Å². The number of sulfonamides is 1. The predicted molar refractivity (Wildman–Crippen MR) is 115 cm³/mol. The van der Waals surface area contributed by atoms with Gasteiger partial charge in [0.15, 0.2) is 0 Å². The number of rotatable bonds is 5. The maximum absolute atomic E-state index is 12.9. The summed E-state index contributed by atoms with van der Waals surface area (Å²) in [5, 5.41) is 2.95. The molecule has 0 atom stereocenters. The van der Waals surface area contributed by atoms with E-state index in [0.29, 0.717) is 4.47 Å². The lowest BCUT2D eigenvalue weighted by molar-refractivity contribution is 0.102. The van der Waals surface area contributed by atoms with E-state index in [1.165, 1.54) is 26.6 Å². The van der Waals surface area contributed by atoms with Crippen molar-refractivity contribution in [2.24, 2.45) is 0 Å². The lowest BCUT2D eigenvalue weighted by atomic mass is 10.1. The van der Waals surface area contributed by atoms with Gasteiger partial charge in [-0.1, -0.05) is 12.1 Å². The Balaban J connectivity index is 1.89. The first-order valence-corrected chi connectivity index (χ1v) is 11.4. The zero-order valence-electron chi connectivity index (χ0n) is 16.0. The average molecular weight is 466 g/mol. The minimum absolute atomic E-state index is 0.0643. The minimum atomic E-state index is -3.66. The molecular formula is C20H24BrN3O3S. The van der Waals surface area contributed by atoms with Crippen molar-refractivity contribution in [2.75, 3.05) is 37.4 Å². The van der Waals surface area contributed by atoms with Gasteiger partial charge >= 0.3 is 0 Å². The third-order valence-electron chi connectivity index (χ3n) is 4.80. The molecular weight excluding hydrogens is 442 g/mol. The van der Waals surface area contributed by atoms with Crippen molar-refractivity contribution < 1.29 is 13.2 Å². The number of carbonyl (C=O) groups excluding carboxylic acids is 1. The topological polar surface area (TPSA) is 69.7 Å². The fourth-order valence-corrected chi connectivity index (χ4v) is 5.07. The molecule has 0 radical (unpaired) electrons. The van der Waals surface area contributed by atoms with Gasteiger partial charge in [0.1, 0.15) is 0 Å². The van der Waals surface area contributed by atoms with E-state index >= 15 is 0 Å². The van der Waals surface area contributed by atoms with E-state index in [1.54, 1.807) is 12.1 Å². The number of amides is 1. The maximum Gasteiger partial charge on any atom is 0.255 e. The molecule has 28 heavy (non-hydrogen) atoms. The molecule has 0 aromatic heterocycles. The largest absolute Gasteiger partial charge is 0.370 e. The van der Waals surface area contributed by atoms with Crippen LogP contribution < -0.4 is 10.2 Å². The molecule has 0 saturated carbocycles. The summed E-state index contributed by atoms with van der Waals surface area (Å²) in [5.41, 5.74) is 2.01. The van der Waals surface area contributed by atoms with Crippen LogP contribution in [0.25, 0.3) is 0 Å². The summed E-state index contributed by atoms with van der Waals surface area (Å²) in [6, 6.07) is 12.3. The van der Waals surface area contributed by atoms with Crippen molar-refractivity contribution in [2.45, 2.75) is 24.2 Å². The average Bonchev–Trinajstić information content (AvgIpc) is 2.69. The highest BCUT2D eigenvalue weighted by molar-refractivity contribution is 9.10. The highest BCUT2D eigenvalue weighted by Crippen LogP contribution is 2.30. The second-order valence-corrected chi connectivity index (χ2v) is 9.93. The van der Waals surface area contributed by atoms with Gasteiger partial charge in [-0.25, -0.2) is 12.7 Å². The van der Waals surface area contributed by atoms with E-state index in [2.05, 4.69) is 26.1 Å². The SMILES string of the molecule is CN(C)S(=O)(=O)c1cc(C(=O)Nc2ccccc2N2CCCCC2)ccc1Br. The van der Waals surface area contributed by atoms with Crippen LogP contribution in [0, 0.1) is 0 Å². The van der Waals surface area contributed by atoms with E-state index in [4.69, 9.17) is 0 Å². The number of carbonyl (C=O) groups is 1. The molecule has 1 heterocycles. The van der Waals surface area contributed by atoms with Gasteiger partial charge in [0.25, 0.3) is 5.91 Å². The van der Waals surface area contributed by atoms with E-state index in [1.807, 2.05) is 24.3 Å². The van der Waals surface area contributed by atoms with Crippen LogP contribution in [0.2, 0.25) is 0 Å². The second-order valence-electron chi connectivity index (χ2n) is 6.95. The van der Waals surface area contributed by atoms with Crippen LogP contribution >= 0.6 is 15.9 Å². The first-order chi connectivity index (χ1) is 13.3. The number of hydrogen-bond donors (Lipinski definition) is 1. The quantitative estimate of drug-likeness (QED) is 0.725. The second kappa shape index (κ2) is 8.63. The molecule has 2 aromatic carbocycles. The van der Waals surface area contributed by atoms with E-state index < -0.39 is 10.0 Å². The summed E-state index contributed by atoms with van der Waals surface area (Å²) in [5.74, 6) is -0.341. The van der Waals surface area contributed by atoms with Crippen LogP contribution in [-0.2, 0) is 10.0 Å². The normalized spacial score (nSPS) is 14.9. The summed E-state index contributed by atoms with van der Waals surface area (Å²) in [4.78, 5) is 15.2. The first kappa shape index (κ1) is 20.8. The maximum atomic E-state index is 12.9. The summed E-state index contributed by atoms with van der Waals surface area (Å²) in [6.07, 6.45) is 3.51. The molecule has 0 unspecified atom stereocenters. The van der Waals surface area contributed by atoms with Crippen molar-refractivity contribution in [3.63, 3.8) is 0 Å². The molecule has 1 N–H and O–H groups in total. The van der Waals surface area contributed by atoms with Crippen LogP contribution in [0.5, 0.6) is 0 Å². The van der Waals surface area contributed by atoms with Crippen LogP contribution in [0.1, 0.15) is 29.6 Å². The van der Waals surface area contributed by atoms with Gasteiger partial charge in [0.2, 0.25) is 10.0 Å². The molecule has 8 heteroatoms. The predicted octanol–water partition coefficient (Wildman–Crippen LogP) is 3.94. The van der Waals surface area contributed by atoms with E-state index in [-0.39, 0.29) is 16.4 Å². The number of para-hydroxylation sites is 2. The van der Waals surface area contributed by atoms with E-state index in [0.717, 1.165) is 41.6 Å². The van der Waals surface area contributed by atoms with Crippen LogP contribution in [0.3, 0.4) is 0 Å². The van der Waals surface area contributed by atoms with Gasteiger partial charge in [-0.3, -0.25) is 4.79 Å². The molecule has 0 bridgehead atoms. The van der Waals surface area contributed by atoms with Gasteiger partial charge in [-0.15, -0.1) is 0 Å². The number of halogens is 1. The Kier molecular flexibility index (Phi) is 6.42. The monoisotopic (exact) mass is 465 g/mol. The minimum Gasteiger partial charge on any atom is -0.370 e. The van der Waals surface area contributed by atoms with Gasteiger partial charge in [-0.05, 0) is 65.5 Å². The Morgan fingerprint density at radius 1 is 1.07 bits per heavy atom. The number of piperidine rings is 1. The number of nitrogens with zero attached hydrogens (tertiary/aromatic N) is 2. The lowest BCUT2D eigenvalue weighted by Gasteiger charge is -2.30. The van der Waals surface area contributed by atoms with Crippen LogP contribution in [-0.4, -0.2) is 45.8 Å². The van der Waals surface area contributed by atoms with Gasteiger partial charge in [0.05, 0.1) is 16.3 Å². The zero-order valence-corrected chi connectivity index (χ0v) is 18.4. The Morgan fingerprint density at radius 3 is 2.43 bits per heavy atom. The highest BCUT2D eigenvalue weighted by atomic mass is 79.9. The van der Waals surface area contributed by atoms with Gasteiger partial charge in [0, 0.05) is 37.2 Å². The van der Waals surface area contributed by atoms with Crippen LogP contribution in [0.4, 0.5) is 11.4 Å². The third-order valence-corrected chi connectivity index (χ3v) is 7.61. The highest BCUT2D eigenvalue weighted by Gasteiger charge is 2.23. The van der Waals surface area contributed by atoms with Crippen molar-refractivity contribution in [1.29, 1.82) is 0 Å². The fourth-order valence-electron chi connectivity index (χ4n) is 3.22. The number of hydrogen-bond acceptors (Lipinski definition) is 4. The molecule has 1 amide bonds. The number of benzene rings is 2. The molecule has 1 saturated heterocycles. The molecule has 150 valence electrons. The van der Waals surface area contributed by atoms with Crippen LogP contribution in [0.15, 0.2) is 51.8 Å². The van der Waals surface area contributed by atoms with Crippen molar-refractivity contribution >= 4 is 43.2 Å². The van der Waals surface area contributed by atoms with Gasteiger partial charge in [-0.2, -0.15) is 0 Å². The number of anilines is 2. The molecule has 0 spiro atoms. The fraction of sp³-hybridized carbons (Fsp3) is 0.350. The Labute approximate surface area is 174 Å². The molecule has 3 rings (SSSR count).